The average molecular weight is 217 g/mol. The molecule has 0 bridgehead atoms. The number of aliphatic hydroxyl groups is 1. The van der Waals surface area contributed by atoms with Crippen LogP contribution in [-0.2, 0) is 9.47 Å². The monoisotopic (exact) mass is 217 g/mol. The Labute approximate surface area is 90.1 Å². The van der Waals surface area contributed by atoms with Crippen LogP contribution >= 0.6 is 0 Å². The molecule has 5 heteroatoms. The summed E-state index contributed by atoms with van der Waals surface area (Å²) in [4.78, 5) is 11.1. The van der Waals surface area contributed by atoms with Crippen molar-refractivity contribution in [2.75, 3.05) is 13.2 Å². The van der Waals surface area contributed by atoms with Crippen LogP contribution in [0.5, 0.6) is 0 Å². The molecule has 15 heavy (non-hydrogen) atoms. The molecule has 0 spiro atoms. The maximum absolute atomic E-state index is 11.1. The molecule has 0 fully saturated rings. The summed E-state index contributed by atoms with van der Waals surface area (Å²) in [6.45, 7) is 7.50. The number of allylic oxidation sites excluding steroid dienone is 1. The van der Waals surface area contributed by atoms with Gasteiger partial charge < -0.3 is 19.9 Å². The third-order valence-corrected chi connectivity index (χ3v) is 1.14. The first-order chi connectivity index (χ1) is 6.81. The number of alkyl carbamates (subject to hydrolysis) is 1. The van der Waals surface area contributed by atoms with Crippen molar-refractivity contribution in [2.45, 2.75) is 33.3 Å². The van der Waals surface area contributed by atoms with E-state index in [1.54, 1.807) is 20.8 Å². The summed E-state index contributed by atoms with van der Waals surface area (Å²) in [5, 5.41) is 11.3. The number of amides is 1. The second-order valence-electron chi connectivity index (χ2n) is 4.06. The van der Waals surface area contributed by atoms with Gasteiger partial charge in [0.15, 0.2) is 0 Å². The third-order valence-electron chi connectivity index (χ3n) is 1.14. The number of hydrogen-bond donors (Lipinski definition) is 2. The van der Waals surface area contributed by atoms with Gasteiger partial charge in [-0.25, -0.2) is 4.79 Å². The minimum atomic E-state index is -0.494. The molecular formula is C10H19NO4. The predicted molar refractivity (Wildman–Crippen MR) is 56.6 cm³/mol. The first-order valence-electron chi connectivity index (χ1n) is 4.75. The van der Waals surface area contributed by atoms with E-state index in [9.17, 15) is 4.79 Å². The van der Waals surface area contributed by atoms with E-state index in [0.29, 0.717) is 6.54 Å². The summed E-state index contributed by atoms with van der Waals surface area (Å²) in [7, 11) is 0. The van der Waals surface area contributed by atoms with E-state index in [0.717, 1.165) is 0 Å². The highest BCUT2D eigenvalue weighted by atomic mass is 16.6. The van der Waals surface area contributed by atoms with Crippen LogP contribution in [0.4, 0.5) is 4.79 Å². The Morgan fingerprint density at radius 2 is 2.07 bits per heavy atom. The van der Waals surface area contributed by atoms with E-state index in [2.05, 4.69) is 5.32 Å². The first-order valence-corrected chi connectivity index (χ1v) is 4.75. The summed E-state index contributed by atoms with van der Waals surface area (Å²) in [5.41, 5.74) is -0.494. The molecule has 0 aromatic carbocycles. The minimum Gasteiger partial charge on any atom is -0.509 e. The molecule has 0 saturated carbocycles. The third kappa shape index (κ3) is 10.5. The van der Waals surface area contributed by atoms with Gasteiger partial charge in [-0.05, 0) is 27.7 Å². The van der Waals surface area contributed by atoms with E-state index in [4.69, 9.17) is 14.6 Å². The van der Waals surface area contributed by atoms with E-state index in [1.165, 1.54) is 13.2 Å². The van der Waals surface area contributed by atoms with Crippen molar-refractivity contribution in [1.29, 1.82) is 0 Å². The summed E-state index contributed by atoms with van der Waals surface area (Å²) < 4.78 is 9.89. The van der Waals surface area contributed by atoms with Gasteiger partial charge in [0.25, 0.3) is 0 Å². The van der Waals surface area contributed by atoms with Crippen LogP contribution in [0.25, 0.3) is 0 Å². The molecule has 0 heterocycles. The molecular weight excluding hydrogens is 198 g/mol. The smallest absolute Gasteiger partial charge is 0.407 e. The van der Waals surface area contributed by atoms with E-state index in [-0.39, 0.29) is 12.4 Å². The number of aliphatic hydroxyl groups excluding tert-OH is 1. The maximum atomic E-state index is 11.1. The zero-order chi connectivity index (χ0) is 11.9. The molecule has 0 unspecified atom stereocenters. The van der Waals surface area contributed by atoms with Crippen molar-refractivity contribution in [2.24, 2.45) is 0 Å². The second-order valence-corrected chi connectivity index (χ2v) is 4.06. The SMILES string of the molecule is C/C(O)=C\OCCNC(=O)OC(C)(C)C. The molecule has 1 amide bonds. The fourth-order valence-corrected chi connectivity index (χ4v) is 0.706. The van der Waals surface area contributed by atoms with Gasteiger partial charge >= 0.3 is 6.09 Å². The van der Waals surface area contributed by atoms with Crippen LogP contribution in [0.2, 0.25) is 0 Å². The largest absolute Gasteiger partial charge is 0.509 e. The quantitative estimate of drug-likeness (QED) is 0.558. The lowest BCUT2D eigenvalue weighted by molar-refractivity contribution is 0.0515. The topological polar surface area (TPSA) is 67.8 Å². The summed E-state index contributed by atoms with van der Waals surface area (Å²) >= 11 is 0. The minimum absolute atomic E-state index is 0.0901. The Morgan fingerprint density at radius 3 is 2.53 bits per heavy atom. The summed E-state index contributed by atoms with van der Waals surface area (Å²) in [5.74, 6) is 0.0901. The van der Waals surface area contributed by atoms with Crippen molar-refractivity contribution in [3.05, 3.63) is 12.0 Å². The van der Waals surface area contributed by atoms with Crippen molar-refractivity contribution >= 4 is 6.09 Å². The molecule has 0 aromatic rings. The van der Waals surface area contributed by atoms with Gasteiger partial charge in [-0.15, -0.1) is 0 Å². The Bertz CT molecular complexity index is 226. The Morgan fingerprint density at radius 1 is 1.47 bits per heavy atom. The van der Waals surface area contributed by atoms with Gasteiger partial charge in [0, 0.05) is 0 Å². The molecule has 2 N–H and O–H groups in total. The van der Waals surface area contributed by atoms with Crippen LogP contribution in [0.1, 0.15) is 27.7 Å². The molecule has 0 aliphatic heterocycles. The normalized spacial score (nSPS) is 12.1. The number of ether oxygens (including phenoxy) is 2. The summed E-state index contributed by atoms with van der Waals surface area (Å²) in [6.07, 6.45) is 0.743. The molecule has 5 nitrogen and oxygen atoms in total. The van der Waals surface area contributed by atoms with Gasteiger partial charge in [0.2, 0.25) is 0 Å². The van der Waals surface area contributed by atoms with Crippen LogP contribution < -0.4 is 5.32 Å². The zero-order valence-corrected chi connectivity index (χ0v) is 9.66. The predicted octanol–water partition coefficient (Wildman–Crippen LogP) is 1.95. The van der Waals surface area contributed by atoms with Gasteiger partial charge in [-0.2, -0.15) is 0 Å². The number of hydrogen-bond acceptors (Lipinski definition) is 4. The van der Waals surface area contributed by atoms with Gasteiger partial charge in [-0.3, -0.25) is 0 Å². The molecule has 0 saturated heterocycles. The van der Waals surface area contributed by atoms with Crippen molar-refractivity contribution < 1.29 is 19.4 Å². The van der Waals surface area contributed by atoms with Crippen LogP contribution in [-0.4, -0.2) is 30.0 Å². The van der Waals surface area contributed by atoms with Crippen molar-refractivity contribution in [1.82, 2.24) is 5.32 Å². The number of rotatable bonds is 4. The maximum Gasteiger partial charge on any atom is 0.407 e. The van der Waals surface area contributed by atoms with E-state index >= 15 is 0 Å². The second kappa shape index (κ2) is 6.16. The lowest BCUT2D eigenvalue weighted by atomic mass is 10.2. The van der Waals surface area contributed by atoms with Gasteiger partial charge in [0.1, 0.15) is 24.2 Å². The van der Waals surface area contributed by atoms with Crippen molar-refractivity contribution in [3.8, 4) is 0 Å². The zero-order valence-electron chi connectivity index (χ0n) is 9.66. The highest BCUT2D eigenvalue weighted by Gasteiger charge is 2.15. The standard InChI is InChI=1S/C10H19NO4/c1-8(12)7-14-6-5-11-9(13)15-10(2,3)4/h7,12H,5-6H2,1-4H3,(H,11,13)/b8-7+. The Kier molecular flexibility index (Phi) is 5.59. The fraction of sp³-hybridized carbons (Fsp3) is 0.700. The van der Waals surface area contributed by atoms with Crippen molar-refractivity contribution in [3.63, 3.8) is 0 Å². The number of nitrogens with one attached hydrogen (secondary N) is 1. The highest BCUT2D eigenvalue weighted by molar-refractivity contribution is 5.67. The molecule has 0 aliphatic carbocycles. The fourth-order valence-electron chi connectivity index (χ4n) is 0.706. The van der Waals surface area contributed by atoms with Gasteiger partial charge in [0.05, 0.1) is 6.54 Å². The average Bonchev–Trinajstić information content (AvgIpc) is 1.99. The molecule has 0 radical (unpaired) electrons. The lowest BCUT2D eigenvalue weighted by Gasteiger charge is -2.19. The van der Waals surface area contributed by atoms with E-state index in [1.807, 2.05) is 0 Å². The number of carbonyl (C=O) groups is 1. The Hall–Kier alpha value is -1.39. The van der Waals surface area contributed by atoms with Crippen LogP contribution in [0, 0.1) is 0 Å². The number of carbonyl (C=O) groups excluding carboxylic acids is 1. The first kappa shape index (κ1) is 13.6. The van der Waals surface area contributed by atoms with Crippen LogP contribution in [0.3, 0.4) is 0 Å². The summed E-state index contributed by atoms with van der Waals surface area (Å²) in [6, 6.07) is 0. The molecule has 0 atom stereocenters. The molecule has 0 aromatic heterocycles. The van der Waals surface area contributed by atoms with Gasteiger partial charge in [-0.1, -0.05) is 0 Å². The van der Waals surface area contributed by atoms with E-state index < -0.39 is 11.7 Å². The molecule has 0 aliphatic rings. The highest BCUT2D eigenvalue weighted by Crippen LogP contribution is 2.05. The van der Waals surface area contributed by atoms with Crippen LogP contribution in [0.15, 0.2) is 12.0 Å². The lowest BCUT2D eigenvalue weighted by Crippen LogP contribution is -2.34. The molecule has 0 rings (SSSR count). The molecule has 88 valence electrons. The Balaban J connectivity index is 3.52.